The van der Waals surface area contributed by atoms with E-state index < -0.39 is 10.0 Å². The van der Waals surface area contributed by atoms with E-state index in [1.54, 1.807) is 12.1 Å². The Morgan fingerprint density at radius 1 is 1.30 bits per heavy atom. The third kappa shape index (κ3) is 3.20. The van der Waals surface area contributed by atoms with Gasteiger partial charge in [0.1, 0.15) is 0 Å². The Morgan fingerprint density at radius 3 is 2.75 bits per heavy atom. The van der Waals surface area contributed by atoms with Gasteiger partial charge in [0.05, 0.1) is 16.5 Å². The quantitative estimate of drug-likeness (QED) is 0.931. The minimum atomic E-state index is -3.55. The Morgan fingerprint density at radius 2 is 2.05 bits per heavy atom. The highest BCUT2D eigenvalue weighted by Gasteiger charge is 2.30. The molecule has 4 nitrogen and oxygen atoms in total. The lowest BCUT2D eigenvalue weighted by Gasteiger charge is -2.34. The molecule has 0 aromatic heterocycles. The minimum absolute atomic E-state index is 0.0190. The van der Waals surface area contributed by atoms with Crippen molar-refractivity contribution in [1.29, 1.82) is 5.26 Å². The van der Waals surface area contributed by atoms with Crippen molar-refractivity contribution in [2.24, 2.45) is 11.8 Å². The molecule has 1 N–H and O–H groups in total. The van der Waals surface area contributed by atoms with Crippen molar-refractivity contribution >= 4 is 10.0 Å². The third-order valence-corrected chi connectivity index (χ3v) is 5.77. The van der Waals surface area contributed by atoms with E-state index >= 15 is 0 Å². The van der Waals surface area contributed by atoms with E-state index in [2.05, 4.69) is 18.6 Å². The Balaban J connectivity index is 2.20. The highest BCUT2D eigenvalue weighted by Crippen LogP contribution is 2.30. The zero-order valence-corrected chi connectivity index (χ0v) is 12.7. The lowest BCUT2D eigenvalue weighted by Crippen LogP contribution is -2.43. The summed E-state index contributed by atoms with van der Waals surface area (Å²) in [4.78, 5) is 0.168. The van der Waals surface area contributed by atoms with Crippen LogP contribution in [-0.2, 0) is 10.0 Å². The van der Waals surface area contributed by atoms with Gasteiger partial charge in [-0.3, -0.25) is 0 Å². The molecule has 0 spiro atoms. The first-order chi connectivity index (χ1) is 9.44. The zero-order valence-electron chi connectivity index (χ0n) is 11.8. The average Bonchev–Trinajstić information content (AvgIpc) is 2.44. The summed E-state index contributed by atoms with van der Waals surface area (Å²) in [5, 5.41) is 8.86. The molecule has 0 radical (unpaired) electrons. The van der Waals surface area contributed by atoms with Gasteiger partial charge in [-0.15, -0.1) is 0 Å². The first-order valence-corrected chi connectivity index (χ1v) is 8.45. The molecule has 1 aromatic carbocycles. The normalized spacial score (nSPS) is 26.9. The Hall–Kier alpha value is -1.38. The van der Waals surface area contributed by atoms with Gasteiger partial charge in [-0.1, -0.05) is 32.8 Å². The van der Waals surface area contributed by atoms with Crippen LogP contribution in [0, 0.1) is 23.2 Å². The van der Waals surface area contributed by atoms with E-state index in [9.17, 15) is 8.42 Å². The summed E-state index contributed by atoms with van der Waals surface area (Å²) in [5.74, 6) is 0.861. The van der Waals surface area contributed by atoms with Crippen LogP contribution in [-0.4, -0.2) is 14.5 Å². The van der Waals surface area contributed by atoms with Crippen LogP contribution < -0.4 is 4.72 Å². The fourth-order valence-corrected chi connectivity index (χ4v) is 4.16. The molecular weight excluding hydrogens is 272 g/mol. The third-order valence-electron chi connectivity index (χ3n) is 4.29. The summed E-state index contributed by atoms with van der Waals surface area (Å²) in [6.07, 6.45) is 3.09. The standard InChI is InChI=1S/C15H20N2O2S/c1-11-5-3-8-15(12(11)2)17-20(18,19)14-7-4-6-13(9-14)10-16/h4,6-7,9,11-12,15,17H,3,5,8H2,1-2H3. The monoisotopic (exact) mass is 292 g/mol. The molecule has 0 amide bonds. The van der Waals surface area contributed by atoms with Crippen LogP contribution >= 0.6 is 0 Å². The molecular formula is C15H20N2O2S. The van der Waals surface area contributed by atoms with Crippen LogP contribution in [0.4, 0.5) is 0 Å². The van der Waals surface area contributed by atoms with E-state index in [0.717, 1.165) is 19.3 Å². The molecule has 0 bridgehead atoms. The second-order valence-electron chi connectivity index (χ2n) is 5.63. The molecule has 5 heteroatoms. The van der Waals surface area contributed by atoms with E-state index in [1.807, 2.05) is 6.07 Å². The molecule has 0 saturated heterocycles. The van der Waals surface area contributed by atoms with Crippen molar-refractivity contribution in [2.45, 2.75) is 44.0 Å². The number of rotatable bonds is 3. The molecule has 1 saturated carbocycles. The fourth-order valence-electron chi connectivity index (χ4n) is 2.75. The van der Waals surface area contributed by atoms with Gasteiger partial charge in [0, 0.05) is 6.04 Å². The summed E-state index contributed by atoms with van der Waals surface area (Å²) in [5.41, 5.74) is 0.359. The van der Waals surface area contributed by atoms with Crippen LogP contribution in [0.1, 0.15) is 38.7 Å². The number of benzene rings is 1. The molecule has 3 unspecified atom stereocenters. The number of hydrogen-bond donors (Lipinski definition) is 1. The predicted octanol–water partition coefficient (Wildman–Crippen LogP) is 2.66. The number of nitrogens with zero attached hydrogens (tertiary/aromatic N) is 1. The van der Waals surface area contributed by atoms with Crippen molar-refractivity contribution < 1.29 is 8.42 Å². The minimum Gasteiger partial charge on any atom is -0.208 e. The van der Waals surface area contributed by atoms with Gasteiger partial charge in [-0.05, 0) is 36.5 Å². The Kier molecular flexibility index (Phi) is 4.46. The van der Waals surface area contributed by atoms with E-state index in [0.29, 0.717) is 17.4 Å². The fraction of sp³-hybridized carbons (Fsp3) is 0.533. The number of hydrogen-bond acceptors (Lipinski definition) is 3. The van der Waals surface area contributed by atoms with Crippen LogP contribution in [0.2, 0.25) is 0 Å². The zero-order chi connectivity index (χ0) is 14.8. The smallest absolute Gasteiger partial charge is 0.208 e. The van der Waals surface area contributed by atoms with Crippen LogP contribution in [0.15, 0.2) is 29.2 Å². The Labute approximate surface area is 120 Å². The predicted molar refractivity (Wildman–Crippen MR) is 77.4 cm³/mol. The van der Waals surface area contributed by atoms with Gasteiger partial charge in [0.15, 0.2) is 0 Å². The van der Waals surface area contributed by atoms with Crippen molar-refractivity contribution in [3.05, 3.63) is 29.8 Å². The van der Waals surface area contributed by atoms with Gasteiger partial charge in [0.25, 0.3) is 0 Å². The van der Waals surface area contributed by atoms with Crippen molar-refractivity contribution in [3.8, 4) is 6.07 Å². The molecule has 0 aliphatic heterocycles. The largest absolute Gasteiger partial charge is 0.240 e. The maximum Gasteiger partial charge on any atom is 0.240 e. The molecule has 108 valence electrons. The van der Waals surface area contributed by atoms with Gasteiger partial charge < -0.3 is 0 Å². The highest BCUT2D eigenvalue weighted by atomic mass is 32.2. The maximum absolute atomic E-state index is 12.4. The van der Waals surface area contributed by atoms with Crippen LogP contribution in [0.25, 0.3) is 0 Å². The molecule has 1 aliphatic carbocycles. The lowest BCUT2D eigenvalue weighted by atomic mass is 9.78. The summed E-state index contributed by atoms with van der Waals surface area (Å²) in [6, 6.07) is 8.09. The molecule has 2 rings (SSSR count). The van der Waals surface area contributed by atoms with Crippen LogP contribution in [0.3, 0.4) is 0 Å². The second-order valence-corrected chi connectivity index (χ2v) is 7.35. The molecule has 1 aliphatic rings. The number of sulfonamides is 1. The van der Waals surface area contributed by atoms with Gasteiger partial charge >= 0.3 is 0 Å². The number of nitriles is 1. The number of nitrogens with one attached hydrogen (secondary N) is 1. The first kappa shape index (κ1) is 15.0. The first-order valence-electron chi connectivity index (χ1n) is 6.96. The molecule has 20 heavy (non-hydrogen) atoms. The molecule has 1 aromatic rings. The Bertz CT molecular complexity index is 619. The van der Waals surface area contributed by atoms with Crippen molar-refractivity contribution in [2.75, 3.05) is 0 Å². The van der Waals surface area contributed by atoms with Crippen molar-refractivity contribution in [3.63, 3.8) is 0 Å². The van der Waals surface area contributed by atoms with Gasteiger partial charge in [-0.25, -0.2) is 13.1 Å². The molecule has 3 atom stereocenters. The van der Waals surface area contributed by atoms with Gasteiger partial charge in [0.2, 0.25) is 10.0 Å². The average molecular weight is 292 g/mol. The maximum atomic E-state index is 12.4. The van der Waals surface area contributed by atoms with Crippen molar-refractivity contribution in [1.82, 2.24) is 4.72 Å². The SMILES string of the molecule is CC1CCCC(NS(=O)(=O)c2cccc(C#N)c2)C1C. The topological polar surface area (TPSA) is 70.0 Å². The van der Waals surface area contributed by atoms with E-state index in [1.165, 1.54) is 12.1 Å². The lowest BCUT2D eigenvalue weighted by molar-refractivity contribution is 0.227. The summed E-state index contributed by atoms with van der Waals surface area (Å²) >= 11 is 0. The molecule has 1 fully saturated rings. The molecule has 0 heterocycles. The highest BCUT2D eigenvalue weighted by molar-refractivity contribution is 7.89. The van der Waals surface area contributed by atoms with E-state index in [4.69, 9.17) is 5.26 Å². The van der Waals surface area contributed by atoms with E-state index in [-0.39, 0.29) is 10.9 Å². The van der Waals surface area contributed by atoms with Gasteiger partial charge in [-0.2, -0.15) is 5.26 Å². The summed E-state index contributed by atoms with van der Waals surface area (Å²) < 4.78 is 27.6. The van der Waals surface area contributed by atoms with Crippen LogP contribution in [0.5, 0.6) is 0 Å². The summed E-state index contributed by atoms with van der Waals surface area (Å²) in [6.45, 7) is 4.27. The summed E-state index contributed by atoms with van der Waals surface area (Å²) in [7, 11) is -3.55. The second kappa shape index (κ2) is 5.94.